The summed E-state index contributed by atoms with van der Waals surface area (Å²) in [6.45, 7) is 3.59. The Morgan fingerprint density at radius 1 is 1.08 bits per heavy atom. The number of anilines is 1. The first-order valence-corrected chi connectivity index (χ1v) is 8.01. The second-order valence-electron chi connectivity index (χ2n) is 5.94. The van der Waals surface area contributed by atoms with Gasteiger partial charge in [-0.3, -0.25) is 4.68 Å². The minimum Gasteiger partial charge on any atom is -0.379 e. The topological polar surface area (TPSA) is 47.1 Å². The van der Waals surface area contributed by atoms with E-state index >= 15 is 0 Å². The highest BCUT2D eigenvalue weighted by Crippen LogP contribution is 2.14. The summed E-state index contributed by atoms with van der Waals surface area (Å²) >= 11 is 0. The van der Waals surface area contributed by atoms with Crippen molar-refractivity contribution in [3.63, 3.8) is 0 Å². The summed E-state index contributed by atoms with van der Waals surface area (Å²) in [4.78, 5) is 4.47. The first kappa shape index (κ1) is 14.5. The number of imidazole rings is 1. The Hall–Kier alpha value is -3.08. The third kappa shape index (κ3) is 3.01. The van der Waals surface area contributed by atoms with Gasteiger partial charge >= 0.3 is 0 Å². The second kappa shape index (κ2) is 6.20. The van der Waals surface area contributed by atoms with Crippen LogP contribution in [0.3, 0.4) is 0 Å². The van der Waals surface area contributed by atoms with Gasteiger partial charge in [-0.2, -0.15) is 5.10 Å². The Morgan fingerprint density at radius 2 is 2.04 bits per heavy atom. The minimum absolute atomic E-state index is 0.732. The summed E-state index contributed by atoms with van der Waals surface area (Å²) in [5, 5.41) is 7.74. The monoisotopic (exact) mass is 317 g/mol. The smallest absolute Gasteiger partial charge is 0.137 e. The van der Waals surface area contributed by atoms with Gasteiger partial charge in [-0.25, -0.2) is 4.98 Å². The van der Waals surface area contributed by atoms with Crippen LogP contribution < -0.4 is 5.32 Å². The number of nitrogens with one attached hydrogen (secondary N) is 1. The van der Waals surface area contributed by atoms with Gasteiger partial charge in [0.25, 0.3) is 0 Å². The lowest BCUT2D eigenvalue weighted by Crippen LogP contribution is -2.04. The molecule has 0 saturated carbocycles. The lowest BCUT2D eigenvalue weighted by molar-refractivity contribution is 0.687. The van der Waals surface area contributed by atoms with E-state index in [0.29, 0.717) is 0 Å². The van der Waals surface area contributed by atoms with Gasteiger partial charge in [-0.1, -0.05) is 12.1 Å². The van der Waals surface area contributed by atoms with Gasteiger partial charge in [0.15, 0.2) is 0 Å². The minimum atomic E-state index is 0.732. The molecular weight excluding hydrogens is 298 g/mol. The van der Waals surface area contributed by atoms with Crippen LogP contribution in [0.2, 0.25) is 0 Å². The zero-order chi connectivity index (χ0) is 16.4. The standard InChI is InChI=1S/C19H19N5/c1-15-6-9-24-18(13-21-19(24)10-15)12-20-17-5-2-4-16(11-17)14-23-8-3-7-22-23/h2-11,13,20H,12,14H2,1H3. The Bertz CT molecular complexity index is 953. The molecule has 1 aromatic carbocycles. The van der Waals surface area contributed by atoms with Crippen molar-refractivity contribution in [3.8, 4) is 0 Å². The average molecular weight is 317 g/mol. The normalized spacial score (nSPS) is 11.0. The Labute approximate surface area is 140 Å². The molecule has 0 aliphatic carbocycles. The number of fused-ring (bicyclic) bond motifs is 1. The fraction of sp³-hybridized carbons (Fsp3) is 0.158. The van der Waals surface area contributed by atoms with E-state index in [0.717, 1.165) is 30.1 Å². The molecule has 0 fully saturated rings. The molecule has 0 bridgehead atoms. The molecule has 0 radical (unpaired) electrons. The van der Waals surface area contributed by atoms with Crippen LogP contribution in [-0.2, 0) is 13.1 Å². The van der Waals surface area contributed by atoms with Crippen LogP contribution in [0.4, 0.5) is 5.69 Å². The zero-order valence-electron chi connectivity index (χ0n) is 13.6. The van der Waals surface area contributed by atoms with Gasteiger partial charge in [0.05, 0.1) is 25.0 Å². The SMILES string of the molecule is Cc1ccn2c(CNc3cccc(Cn4cccn4)c3)cnc2c1. The highest BCUT2D eigenvalue weighted by atomic mass is 15.3. The Balaban J connectivity index is 1.49. The zero-order valence-corrected chi connectivity index (χ0v) is 13.6. The van der Waals surface area contributed by atoms with E-state index in [1.165, 1.54) is 11.1 Å². The lowest BCUT2D eigenvalue weighted by Gasteiger charge is -2.09. The van der Waals surface area contributed by atoms with E-state index in [1.54, 1.807) is 6.20 Å². The molecule has 0 saturated heterocycles. The van der Waals surface area contributed by atoms with Gasteiger partial charge in [0, 0.05) is 24.3 Å². The number of aryl methyl sites for hydroxylation is 1. The fourth-order valence-electron chi connectivity index (χ4n) is 2.82. The third-order valence-corrected chi connectivity index (χ3v) is 4.05. The predicted molar refractivity (Wildman–Crippen MR) is 95.0 cm³/mol. The van der Waals surface area contributed by atoms with Crippen LogP contribution in [0.15, 0.2) is 67.3 Å². The summed E-state index contributed by atoms with van der Waals surface area (Å²) in [6.07, 6.45) is 7.77. The van der Waals surface area contributed by atoms with Crippen LogP contribution in [0.5, 0.6) is 0 Å². The van der Waals surface area contributed by atoms with Crippen LogP contribution in [0.1, 0.15) is 16.8 Å². The highest BCUT2D eigenvalue weighted by molar-refractivity contribution is 5.47. The number of hydrogen-bond acceptors (Lipinski definition) is 3. The van der Waals surface area contributed by atoms with Crippen LogP contribution in [0.25, 0.3) is 5.65 Å². The number of nitrogens with zero attached hydrogens (tertiary/aromatic N) is 4. The second-order valence-corrected chi connectivity index (χ2v) is 5.94. The molecule has 24 heavy (non-hydrogen) atoms. The molecule has 1 N–H and O–H groups in total. The first-order chi connectivity index (χ1) is 11.8. The summed E-state index contributed by atoms with van der Waals surface area (Å²) in [7, 11) is 0. The van der Waals surface area contributed by atoms with Crippen molar-refractivity contribution < 1.29 is 0 Å². The number of benzene rings is 1. The van der Waals surface area contributed by atoms with Crippen molar-refractivity contribution in [2.45, 2.75) is 20.0 Å². The molecule has 0 aliphatic heterocycles. The molecule has 5 nitrogen and oxygen atoms in total. The van der Waals surface area contributed by atoms with Gasteiger partial charge in [-0.15, -0.1) is 0 Å². The molecule has 4 rings (SSSR count). The van der Waals surface area contributed by atoms with E-state index in [4.69, 9.17) is 0 Å². The molecule has 3 aromatic heterocycles. The van der Waals surface area contributed by atoms with Crippen LogP contribution >= 0.6 is 0 Å². The predicted octanol–water partition coefficient (Wildman–Crippen LogP) is 3.50. The molecule has 4 aromatic rings. The van der Waals surface area contributed by atoms with Crippen molar-refractivity contribution in [1.82, 2.24) is 19.2 Å². The number of aromatic nitrogens is 4. The maximum Gasteiger partial charge on any atom is 0.137 e. The molecule has 0 unspecified atom stereocenters. The van der Waals surface area contributed by atoms with Crippen molar-refractivity contribution in [2.75, 3.05) is 5.32 Å². The van der Waals surface area contributed by atoms with Crippen molar-refractivity contribution >= 4 is 11.3 Å². The van der Waals surface area contributed by atoms with Crippen molar-refractivity contribution in [1.29, 1.82) is 0 Å². The number of rotatable bonds is 5. The maximum atomic E-state index is 4.47. The molecule has 0 aliphatic rings. The van der Waals surface area contributed by atoms with E-state index in [-0.39, 0.29) is 0 Å². The quantitative estimate of drug-likeness (QED) is 0.613. The van der Waals surface area contributed by atoms with E-state index in [1.807, 2.05) is 23.1 Å². The lowest BCUT2D eigenvalue weighted by atomic mass is 10.2. The average Bonchev–Trinajstić information content (AvgIpc) is 3.22. The fourth-order valence-corrected chi connectivity index (χ4v) is 2.82. The van der Waals surface area contributed by atoms with Gasteiger partial charge in [0.2, 0.25) is 0 Å². The molecule has 0 atom stereocenters. The molecule has 120 valence electrons. The molecule has 5 heteroatoms. The van der Waals surface area contributed by atoms with E-state index < -0.39 is 0 Å². The largest absolute Gasteiger partial charge is 0.379 e. The Kier molecular flexibility index (Phi) is 3.75. The Morgan fingerprint density at radius 3 is 2.92 bits per heavy atom. The summed E-state index contributed by atoms with van der Waals surface area (Å²) in [5.74, 6) is 0. The van der Waals surface area contributed by atoms with E-state index in [9.17, 15) is 0 Å². The van der Waals surface area contributed by atoms with Gasteiger partial charge < -0.3 is 9.72 Å². The molecule has 3 heterocycles. The molecule has 0 spiro atoms. The van der Waals surface area contributed by atoms with Crippen LogP contribution in [-0.4, -0.2) is 19.2 Å². The van der Waals surface area contributed by atoms with Crippen molar-refractivity contribution in [2.24, 2.45) is 0 Å². The van der Waals surface area contributed by atoms with E-state index in [2.05, 4.69) is 69.3 Å². The molecule has 0 amide bonds. The van der Waals surface area contributed by atoms with Crippen LogP contribution in [0, 0.1) is 6.92 Å². The van der Waals surface area contributed by atoms with Gasteiger partial charge in [0.1, 0.15) is 5.65 Å². The number of hydrogen-bond donors (Lipinski definition) is 1. The number of pyridine rings is 1. The third-order valence-electron chi connectivity index (χ3n) is 4.05. The summed E-state index contributed by atoms with van der Waals surface area (Å²) < 4.78 is 4.04. The highest BCUT2D eigenvalue weighted by Gasteiger charge is 2.04. The molecular formula is C19H19N5. The maximum absolute atomic E-state index is 4.47. The summed E-state index contributed by atoms with van der Waals surface area (Å²) in [6, 6.07) is 14.6. The van der Waals surface area contributed by atoms with Crippen molar-refractivity contribution in [3.05, 3.63) is 84.1 Å². The van der Waals surface area contributed by atoms with Gasteiger partial charge in [-0.05, 0) is 48.4 Å². The summed E-state index contributed by atoms with van der Waals surface area (Å²) in [5.41, 5.74) is 5.67. The first-order valence-electron chi connectivity index (χ1n) is 8.01.